The van der Waals surface area contributed by atoms with E-state index in [4.69, 9.17) is 9.15 Å². The second kappa shape index (κ2) is 11.7. The molecule has 0 aliphatic heterocycles. The summed E-state index contributed by atoms with van der Waals surface area (Å²) in [6.45, 7) is 4.32. The summed E-state index contributed by atoms with van der Waals surface area (Å²) in [6, 6.07) is 8.24. The van der Waals surface area contributed by atoms with E-state index < -0.39 is 5.97 Å². The molecule has 1 aromatic carbocycles. The summed E-state index contributed by atoms with van der Waals surface area (Å²) in [7, 11) is 1.30. The van der Waals surface area contributed by atoms with E-state index in [1.54, 1.807) is 18.2 Å². The van der Waals surface area contributed by atoms with Crippen molar-refractivity contribution in [1.82, 2.24) is 14.9 Å². The van der Waals surface area contributed by atoms with Crippen molar-refractivity contribution < 1.29 is 18.7 Å². The highest BCUT2D eigenvalue weighted by Crippen LogP contribution is 2.20. The van der Waals surface area contributed by atoms with Gasteiger partial charge in [0.1, 0.15) is 5.76 Å². The Bertz CT molecular complexity index is 1160. The number of benzene rings is 1. The van der Waals surface area contributed by atoms with Crippen LogP contribution >= 0.6 is 11.8 Å². The largest absolute Gasteiger partial charge is 0.467 e. The maximum atomic E-state index is 13.2. The van der Waals surface area contributed by atoms with Gasteiger partial charge in [-0.25, -0.2) is 9.78 Å². The molecule has 8 nitrogen and oxygen atoms in total. The number of methoxy groups -OCH3 is 1. The molecule has 2 aromatic heterocycles. The molecule has 3 aromatic rings. The van der Waals surface area contributed by atoms with E-state index in [9.17, 15) is 14.4 Å². The van der Waals surface area contributed by atoms with Gasteiger partial charge in [0.05, 0.1) is 42.1 Å². The molecule has 1 amide bonds. The van der Waals surface area contributed by atoms with E-state index in [0.29, 0.717) is 27.4 Å². The summed E-state index contributed by atoms with van der Waals surface area (Å²) in [6.07, 6.45) is 5.82. The van der Waals surface area contributed by atoms with E-state index in [1.165, 1.54) is 41.8 Å². The van der Waals surface area contributed by atoms with Gasteiger partial charge in [0.15, 0.2) is 5.16 Å². The molecule has 9 heteroatoms. The fourth-order valence-electron chi connectivity index (χ4n) is 3.47. The van der Waals surface area contributed by atoms with Crippen LogP contribution in [0.3, 0.4) is 0 Å². The maximum absolute atomic E-state index is 13.2. The van der Waals surface area contributed by atoms with Gasteiger partial charge in [-0.05, 0) is 43.7 Å². The number of nitrogens with zero attached hydrogens (tertiary/aromatic N) is 2. The van der Waals surface area contributed by atoms with Crippen LogP contribution in [0.15, 0.2) is 51.0 Å². The average Bonchev–Trinajstić information content (AvgIpc) is 3.32. The molecule has 33 heavy (non-hydrogen) atoms. The number of thioether (sulfide) groups is 1. The van der Waals surface area contributed by atoms with Crippen LogP contribution in [-0.4, -0.2) is 40.3 Å². The smallest absolute Gasteiger partial charge is 0.337 e. The number of esters is 1. The number of carbonyl (C=O) groups excluding carboxylic acids is 2. The molecule has 2 heterocycles. The standard InChI is InChI=1S/C24H29N3O5S/c1-4-5-6-8-16(2)25-21(28)15-33-24-26-20-13-17(23(30)31-3)10-11-19(20)22(29)27(24)14-18-9-7-12-32-18/h7,9-13,16H,4-6,8,14-15H2,1-3H3,(H,25,28). The van der Waals surface area contributed by atoms with Gasteiger partial charge >= 0.3 is 5.97 Å². The lowest BCUT2D eigenvalue weighted by atomic mass is 10.1. The highest BCUT2D eigenvalue weighted by molar-refractivity contribution is 7.99. The molecule has 0 fully saturated rings. The third-order valence-corrected chi connectivity index (χ3v) is 6.19. The zero-order valence-electron chi connectivity index (χ0n) is 19.1. The molecular weight excluding hydrogens is 442 g/mol. The van der Waals surface area contributed by atoms with Crippen molar-refractivity contribution in [3.8, 4) is 0 Å². The van der Waals surface area contributed by atoms with Gasteiger partial charge in [-0.2, -0.15) is 0 Å². The Balaban J connectivity index is 1.86. The lowest BCUT2D eigenvalue weighted by Gasteiger charge is -2.15. The topological polar surface area (TPSA) is 103 Å². The van der Waals surface area contributed by atoms with Gasteiger partial charge in [-0.1, -0.05) is 37.9 Å². The Hall–Kier alpha value is -3.07. The zero-order valence-corrected chi connectivity index (χ0v) is 19.9. The summed E-state index contributed by atoms with van der Waals surface area (Å²) in [5.41, 5.74) is 0.397. The summed E-state index contributed by atoms with van der Waals surface area (Å²) < 4.78 is 11.7. The van der Waals surface area contributed by atoms with E-state index in [2.05, 4.69) is 17.2 Å². The molecule has 0 aliphatic carbocycles. The van der Waals surface area contributed by atoms with Gasteiger partial charge in [-0.3, -0.25) is 14.2 Å². The Kier molecular flexibility index (Phi) is 8.71. The predicted molar refractivity (Wildman–Crippen MR) is 128 cm³/mol. The summed E-state index contributed by atoms with van der Waals surface area (Å²) in [4.78, 5) is 42.3. The third-order valence-electron chi connectivity index (χ3n) is 5.22. The van der Waals surface area contributed by atoms with E-state index in [-0.39, 0.29) is 29.8 Å². The maximum Gasteiger partial charge on any atom is 0.337 e. The molecule has 0 bridgehead atoms. The molecular formula is C24H29N3O5S. The second-order valence-electron chi connectivity index (χ2n) is 7.84. The van der Waals surface area contributed by atoms with Gasteiger partial charge in [0.25, 0.3) is 5.56 Å². The highest BCUT2D eigenvalue weighted by atomic mass is 32.2. The fourth-order valence-corrected chi connectivity index (χ4v) is 4.28. The van der Waals surface area contributed by atoms with Crippen LogP contribution in [0.1, 0.15) is 55.6 Å². The minimum Gasteiger partial charge on any atom is -0.467 e. The first kappa shape index (κ1) is 24.6. The first-order valence-electron chi connectivity index (χ1n) is 11.0. The molecule has 1 N–H and O–H groups in total. The van der Waals surface area contributed by atoms with Crippen molar-refractivity contribution >= 4 is 34.5 Å². The summed E-state index contributed by atoms with van der Waals surface area (Å²) in [5, 5.41) is 3.75. The lowest BCUT2D eigenvalue weighted by molar-refractivity contribution is -0.119. The van der Waals surface area contributed by atoms with Gasteiger partial charge in [-0.15, -0.1) is 0 Å². The van der Waals surface area contributed by atoms with E-state index >= 15 is 0 Å². The molecule has 176 valence electrons. The first-order chi connectivity index (χ1) is 15.9. The molecule has 0 saturated carbocycles. The second-order valence-corrected chi connectivity index (χ2v) is 8.78. The summed E-state index contributed by atoms with van der Waals surface area (Å²) in [5.74, 6) is 0.0841. The van der Waals surface area contributed by atoms with Gasteiger partial charge < -0.3 is 14.5 Å². The number of hydrogen-bond donors (Lipinski definition) is 1. The quantitative estimate of drug-likeness (QED) is 0.195. The normalized spacial score (nSPS) is 12.0. The van der Waals surface area contributed by atoms with Gasteiger partial charge in [0.2, 0.25) is 5.91 Å². The lowest BCUT2D eigenvalue weighted by Crippen LogP contribution is -2.34. The molecule has 0 saturated heterocycles. The number of rotatable bonds is 11. The number of amides is 1. The Labute approximate surface area is 196 Å². The third kappa shape index (κ3) is 6.47. The fraction of sp³-hybridized carbons (Fsp3) is 0.417. The number of aromatic nitrogens is 2. The van der Waals surface area contributed by atoms with Crippen LogP contribution < -0.4 is 10.9 Å². The number of ether oxygens (including phenoxy) is 1. The number of furan rings is 1. The van der Waals surface area contributed by atoms with Crippen molar-refractivity contribution in [1.29, 1.82) is 0 Å². The van der Waals surface area contributed by atoms with Crippen molar-refractivity contribution in [3.63, 3.8) is 0 Å². The number of nitrogens with one attached hydrogen (secondary N) is 1. The van der Waals surface area contributed by atoms with Crippen LogP contribution in [0.5, 0.6) is 0 Å². The van der Waals surface area contributed by atoms with Crippen molar-refractivity contribution in [2.24, 2.45) is 0 Å². The number of fused-ring (bicyclic) bond motifs is 1. The predicted octanol–water partition coefficient (Wildman–Crippen LogP) is 4.00. The van der Waals surface area contributed by atoms with Crippen molar-refractivity contribution in [2.75, 3.05) is 12.9 Å². The van der Waals surface area contributed by atoms with Crippen LogP contribution in [0.2, 0.25) is 0 Å². The first-order valence-corrected chi connectivity index (χ1v) is 12.0. The SMILES string of the molecule is CCCCCC(C)NC(=O)CSc1nc2cc(C(=O)OC)ccc2c(=O)n1Cc1ccco1. The summed E-state index contributed by atoms with van der Waals surface area (Å²) >= 11 is 1.18. The van der Waals surface area contributed by atoms with Crippen molar-refractivity contribution in [3.05, 3.63) is 58.3 Å². The Morgan fingerprint density at radius 3 is 2.79 bits per heavy atom. The molecule has 0 radical (unpaired) electrons. The molecule has 1 atom stereocenters. The van der Waals surface area contributed by atoms with Crippen LogP contribution in [0, 0.1) is 0 Å². The Morgan fingerprint density at radius 1 is 1.27 bits per heavy atom. The van der Waals surface area contributed by atoms with Crippen LogP contribution in [0.4, 0.5) is 0 Å². The number of unbranched alkanes of at least 4 members (excludes halogenated alkanes) is 2. The highest BCUT2D eigenvalue weighted by Gasteiger charge is 2.17. The molecule has 1 unspecified atom stereocenters. The molecule has 0 aliphatic rings. The van der Waals surface area contributed by atoms with E-state index in [1.807, 2.05) is 6.92 Å². The zero-order chi connectivity index (χ0) is 23.8. The van der Waals surface area contributed by atoms with Crippen molar-refractivity contribution in [2.45, 2.75) is 57.3 Å². The van der Waals surface area contributed by atoms with Crippen LogP contribution in [-0.2, 0) is 16.1 Å². The number of hydrogen-bond acceptors (Lipinski definition) is 7. The van der Waals surface area contributed by atoms with Crippen LogP contribution in [0.25, 0.3) is 10.9 Å². The molecule has 3 rings (SSSR count). The Morgan fingerprint density at radius 2 is 2.09 bits per heavy atom. The minimum absolute atomic E-state index is 0.0853. The minimum atomic E-state index is -0.510. The average molecular weight is 472 g/mol. The van der Waals surface area contributed by atoms with E-state index in [0.717, 1.165) is 25.7 Å². The molecule has 0 spiro atoms. The number of carbonyl (C=O) groups is 2. The monoisotopic (exact) mass is 471 g/mol. The van der Waals surface area contributed by atoms with Gasteiger partial charge in [0, 0.05) is 6.04 Å².